The fourth-order valence-electron chi connectivity index (χ4n) is 3.02. The zero-order chi connectivity index (χ0) is 16.9. The van der Waals surface area contributed by atoms with Crippen molar-refractivity contribution in [1.82, 2.24) is 9.80 Å². The van der Waals surface area contributed by atoms with Crippen molar-refractivity contribution < 1.29 is 9.53 Å². The summed E-state index contributed by atoms with van der Waals surface area (Å²) in [7, 11) is 0. The van der Waals surface area contributed by atoms with Crippen LogP contribution in [0.1, 0.15) is 23.4 Å². The highest BCUT2D eigenvalue weighted by atomic mass is 32.1. The van der Waals surface area contributed by atoms with Crippen LogP contribution in [0.4, 0.5) is 0 Å². The highest BCUT2D eigenvalue weighted by molar-refractivity contribution is 7.10. The molecule has 1 aliphatic rings. The maximum Gasteiger partial charge on any atom is 0.260 e. The van der Waals surface area contributed by atoms with E-state index >= 15 is 0 Å². The third-order valence-electron chi connectivity index (χ3n) is 4.61. The highest BCUT2D eigenvalue weighted by Crippen LogP contribution is 2.25. The number of ether oxygens (including phenoxy) is 1. The van der Waals surface area contributed by atoms with Gasteiger partial charge in [0.25, 0.3) is 5.91 Å². The number of piperazine rings is 1. The first-order valence-electron chi connectivity index (χ1n) is 8.39. The summed E-state index contributed by atoms with van der Waals surface area (Å²) in [5.74, 6) is 0.859. The summed E-state index contributed by atoms with van der Waals surface area (Å²) in [4.78, 5) is 18.1. The first-order chi connectivity index (χ1) is 11.6. The molecule has 3 rings (SSSR count). The molecular weight excluding hydrogens is 320 g/mol. The molecule has 1 aromatic carbocycles. The molecule has 1 unspecified atom stereocenters. The zero-order valence-electron chi connectivity index (χ0n) is 14.3. The average Bonchev–Trinajstić information content (AvgIpc) is 3.15. The summed E-state index contributed by atoms with van der Waals surface area (Å²) in [6, 6.07) is 12.5. The Morgan fingerprint density at radius 3 is 2.58 bits per heavy atom. The van der Waals surface area contributed by atoms with E-state index < -0.39 is 0 Å². The van der Waals surface area contributed by atoms with E-state index in [2.05, 4.69) is 29.3 Å². The van der Waals surface area contributed by atoms with Gasteiger partial charge < -0.3 is 9.64 Å². The van der Waals surface area contributed by atoms with Crippen molar-refractivity contribution in [2.45, 2.75) is 19.9 Å². The first kappa shape index (κ1) is 17.0. The van der Waals surface area contributed by atoms with Crippen LogP contribution in [0.5, 0.6) is 5.75 Å². The summed E-state index contributed by atoms with van der Waals surface area (Å²) < 4.78 is 5.68. The number of hydrogen-bond donors (Lipinski definition) is 0. The Bertz CT molecular complexity index is 664. The fourth-order valence-corrected chi connectivity index (χ4v) is 3.83. The maximum absolute atomic E-state index is 12.4. The quantitative estimate of drug-likeness (QED) is 0.834. The molecule has 0 saturated carbocycles. The molecule has 0 spiro atoms. The number of amides is 1. The molecule has 4 nitrogen and oxygen atoms in total. The van der Waals surface area contributed by atoms with Crippen molar-refractivity contribution >= 4 is 17.2 Å². The Balaban J connectivity index is 1.47. The summed E-state index contributed by atoms with van der Waals surface area (Å²) in [5, 5.41) is 2.12. The lowest BCUT2D eigenvalue weighted by Crippen LogP contribution is -2.50. The second-order valence-corrected chi connectivity index (χ2v) is 7.14. The Morgan fingerprint density at radius 2 is 1.92 bits per heavy atom. The van der Waals surface area contributed by atoms with Gasteiger partial charge in [-0.2, -0.15) is 0 Å². The Kier molecular flexibility index (Phi) is 5.53. The van der Waals surface area contributed by atoms with Gasteiger partial charge in [0.05, 0.1) is 0 Å². The van der Waals surface area contributed by atoms with Gasteiger partial charge in [0.2, 0.25) is 0 Å². The summed E-state index contributed by atoms with van der Waals surface area (Å²) in [5.41, 5.74) is 1.06. The van der Waals surface area contributed by atoms with Crippen LogP contribution in [0.15, 0.2) is 41.8 Å². The van der Waals surface area contributed by atoms with Crippen molar-refractivity contribution in [2.75, 3.05) is 32.8 Å². The van der Waals surface area contributed by atoms with Crippen molar-refractivity contribution in [3.05, 3.63) is 52.2 Å². The van der Waals surface area contributed by atoms with E-state index in [1.165, 1.54) is 4.88 Å². The van der Waals surface area contributed by atoms with Gasteiger partial charge in [-0.25, -0.2) is 0 Å². The van der Waals surface area contributed by atoms with Crippen LogP contribution >= 0.6 is 11.3 Å². The third kappa shape index (κ3) is 3.97. The summed E-state index contributed by atoms with van der Waals surface area (Å²) in [6.07, 6.45) is 0. The molecule has 0 aliphatic carbocycles. The van der Waals surface area contributed by atoms with Gasteiger partial charge in [-0.05, 0) is 36.9 Å². The molecule has 1 aromatic heterocycles. The van der Waals surface area contributed by atoms with E-state index in [0.29, 0.717) is 6.04 Å². The molecule has 5 heteroatoms. The minimum atomic E-state index is 0.0710. The molecule has 24 heavy (non-hydrogen) atoms. The number of carbonyl (C=O) groups excluding carboxylic acids is 1. The number of carbonyl (C=O) groups is 1. The molecule has 2 heterocycles. The van der Waals surface area contributed by atoms with Crippen LogP contribution in [0.25, 0.3) is 0 Å². The SMILES string of the molecule is Cc1ccccc1OCC(=O)N1CCN(C(C)c2cccs2)CC1. The number of rotatable bonds is 5. The molecule has 1 fully saturated rings. The molecule has 128 valence electrons. The van der Waals surface area contributed by atoms with Crippen LogP contribution in [-0.4, -0.2) is 48.5 Å². The van der Waals surface area contributed by atoms with Gasteiger partial charge in [0, 0.05) is 37.1 Å². The van der Waals surface area contributed by atoms with E-state index in [1.807, 2.05) is 36.1 Å². The fraction of sp³-hybridized carbons (Fsp3) is 0.421. The van der Waals surface area contributed by atoms with Crippen LogP contribution < -0.4 is 4.74 Å². The number of para-hydroxylation sites is 1. The van der Waals surface area contributed by atoms with Crippen molar-refractivity contribution in [3.63, 3.8) is 0 Å². The van der Waals surface area contributed by atoms with Crippen molar-refractivity contribution in [2.24, 2.45) is 0 Å². The van der Waals surface area contributed by atoms with Gasteiger partial charge >= 0.3 is 0 Å². The molecule has 2 aromatic rings. The van der Waals surface area contributed by atoms with Crippen LogP contribution in [0.2, 0.25) is 0 Å². The second-order valence-electron chi connectivity index (χ2n) is 6.16. The largest absolute Gasteiger partial charge is 0.484 e. The molecule has 0 radical (unpaired) electrons. The molecule has 1 saturated heterocycles. The molecule has 1 amide bonds. The number of thiophene rings is 1. The molecule has 0 bridgehead atoms. The molecule has 0 N–H and O–H groups in total. The highest BCUT2D eigenvalue weighted by Gasteiger charge is 2.25. The van der Waals surface area contributed by atoms with Gasteiger partial charge in [0.1, 0.15) is 5.75 Å². The van der Waals surface area contributed by atoms with Gasteiger partial charge in [-0.1, -0.05) is 24.3 Å². The van der Waals surface area contributed by atoms with Gasteiger partial charge in [0.15, 0.2) is 6.61 Å². The predicted octanol–water partition coefficient (Wildman–Crippen LogP) is 3.34. The number of nitrogens with zero attached hydrogens (tertiary/aromatic N) is 2. The normalized spacial score (nSPS) is 16.8. The van der Waals surface area contributed by atoms with Gasteiger partial charge in [-0.15, -0.1) is 11.3 Å². The van der Waals surface area contributed by atoms with E-state index in [4.69, 9.17) is 4.74 Å². The predicted molar refractivity (Wildman–Crippen MR) is 97.6 cm³/mol. The minimum absolute atomic E-state index is 0.0710. The number of benzene rings is 1. The summed E-state index contributed by atoms with van der Waals surface area (Å²) in [6.45, 7) is 7.71. The molecule has 1 atom stereocenters. The smallest absolute Gasteiger partial charge is 0.260 e. The number of aryl methyl sites for hydroxylation is 1. The van der Waals surface area contributed by atoms with Crippen LogP contribution in [0, 0.1) is 6.92 Å². The van der Waals surface area contributed by atoms with Crippen molar-refractivity contribution in [3.8, 4) is 5.75 Å². The van der Waals surface area contributed by atoms with E-state index in [9.17, 15) is 4.79 Å². The first-order valence-corrected chi connectivity index (χ1v) is 9.27. The molecule has 1 aliphatic heterocycles. The number of hydrogen-bond acceptors (Lipinski definition) is 4. The van der Waals surface area contributed by atoms with Crippen molar-refractivity contribution in [1.29, 1.82) is 0 Å². The van der Waals surface area contributed by atoms with Gasteiger partial charge in [-0.3, -0.25) is 9.69 Å². The zero-order valence-corrected chi connectivity index (χ0v) is 15.1. The van der Waals surface area contributed by atoms with E-state index in [-0.39, 0.29) is 12.5 Å². The standard InChI is InChI=1S/C19H24N2O2S/c1-15-6-3-4-7-17(15)23-14-19(22)21-11-9-20(10-12-21)16(2)18-8-5-13-24-18/h3-8,13,16H,9-12,14H2,1-2H3. The molecular formula is C19H24N2O2S. The lowest BCUT2D eigenvalue weighted by Gasteiger charge is -2.37. The third-order valence-corrected chi connectivity index (χ3v) is 5.66. The van der Waals surface area contributed by atoms with Crippen LogP contribution in [-0.2, 0) is 4.79 Å². The van der Waals surface area contributed by atoms with E-state index in [0.717, 1.165) is 37.5 Å². The second kappa shape index (κ2) is 7.81. The Morgan fingerprint density at radius 1 is 1.17 bits per heavy atom. The Labute approximate surface area is 147 Å². The average molecular weight is 344 g/mol. The maximum atomic E-state index is 12.4. The van der Waals surface area contributed by atoms with Crippen LogP contribution in [0.3, 0.4) is 0 Å². The lowest BCUT2D eigenvalue weighted by atomic mass is 10.2. The Hall–Kier alpha value is -1.85. The summed E-state index contributed by atoms with van der Waals surface area (Å²) >= 11 is 1.80. The topological polar surface area (TPSA) is 32.8 Å². The monoisotopic (exact) mass is 344 g/mol. The minimum Gasteiger partial charge on any atom is -0.484 e. The lowest BCUT2D eigenvalue weighted by molar-refractivity contribution is -0.135. The van der Waals surface area contributed by atoms with E-state index in [1.54, 1.807) is 11.3 Å².